The van der Waals surface area contributed by atoms with Gasteiger partial charge in [-0.25, -0.2) is 0 Å². The maximum absolute atomic E-state index is 12.6. The molecule has 0 aliphatic rings. The number of furan rings is 1. The molecule has 0 radical (unpaired) electrons. The minimum atomic E-state index is -1.48. The van der Waals surface area contributed by atoms with Crippen LogP contribution in [0.5, 0.6) is 0 Å². The standard InChI is InChI=1S/C18H12ClNO3S/c1-24(22)17-14(10-5-4-6-11(19)9-10)16-15(20-18(17)21)12-7-2-3-8-13(12)23-16/h2-9H,1H3,(H,20,21). The maximum Gasteiger partial charge on any atom is 0.265 e. The smallest absolute Gasteiger partial charge is 0.265 e. The molecule has 2 aromatic heterocycles. The number of halogens is 1. The van der Waals surface area contributed by atoms with E-state index in [4.69, 9.17) is 16.0 Å². The van der Waals surface area contributed by atoms with E-state index in [1.807, 2.05) is 30.3 Å². The monoisotopic (exact) mass is 357 g/mol. The van der Waals surface area contributed by atoms with Crippen LogP contribution in [0.4, 0.5) is 0 Å². The SMILES string of the molecule is CS(=O)c1c(-c2cccc(Cl)c2)c2oc3ccccc3c2[nH]c1=O. The number of rotatable bonds is 2. The van der Waals surface area contributed by atoms with Crippen LogP contribution in [0.25, 0.3) is 33.2 Å². The average molecular weight is 358 g/mol. The van der Waals surface area contributed by atoms with Crippen LogP contribution in [0.3, 0.4) is 0 Å². The Labute approximate surface area is 144 Å². The molecule has 0 saturated carbocycles. The van der Waals surface area contributed by atoms with Gasteiger partial charge in [0.2, 0.25) is 0 Å². The first kappa shape index (κ1) is 15.2. The van der Waals surface area contributed by atoms with Crippen molar-refractivity contribution in [3.8, 4) is 11.1 Å². The third-order valence-electron chi connectivity index (χ3n) is 3.90. The average Bonchev–Trinajstić information content (AvgIpc) is 2.91. The van der Waals surface area contributed by atoms with Crippen LogP contribution in [0.15, 0.2) is 62.6 Å². The molecule has 4 nitrogen and oxygen atoms in total. The quantitative estimate of drug-likeness (QED) is 0.580. The summed E-state index contributed by atoms with van der Waals surface area (Å²) in [6.07, 6.45) is 1.48. The fourth-order valence-electron chi connectivity index (χ4n) is 2.91. The predicted molar refractivity (Wildman–Crippen MR) is 97.1 cm³/mol. The molecule has 1 atom stereocenters. The zero-order valence-corrected chi connectivity index (χ0v) is 14.2. The number of benzene rings is 2. The van der Waals surface area contributed by atoms with Crippen LogP contribution in [0.1, 0.15) is 0 Å². The third-order valence-corrected chi connectivity index (χ3v) is 5.09. The highest BCUT2D eigenvalue weighted by Gasteiger charge is 2.22. The molecule has 24 heavy (non-hydrogen) atoms. The van der Waals surface area contributed by atoms with Gasteiger partial charge < -0.3 is 9.40 Å². The Morgan fingerprint density at radius 3 is 2.67 bits per heavy atom. The van der Waals surface area contributed by atoms with E-state index in [2.05, 4.69) is 4.98 Å². The maximum atomic E-state index is 12.6. The first-order valence-corrected chi connectivity index (χ1v) is 9.17. The van der Waals surface area contributed by atoms with Gasteiger partial charge in [0, 0.05) is 22.2 Å². The summed E-state index contributed by atoms with van der Waals surface area (Å²) in [6.45, 7) is 0. The second-order valence-corrected chi connectivity index (χ2v) is 7.18. The van der Waals surface area contributed by atoms with Crippen LogP contribution in [0, 0.1) is 0 Å². The fourth-order valence-corrected chi connectivity index (χ4v) is 3.91. The number of hydrogen-bond acceptors (Lipinski definition) is 3. The summed E-state index contributed by atoms with van der Waals surface area (Å²) in [5.74, 6) is 0. The number of aromatic nitrogens is 1. The van der Waals surface area contributed by atoms with Crippen LogP contribution < -0.4 is 5.56 Å². The van der Waals surface area contributed by atoms with Crippen molar-refractivity contribution in [2.75, 3.05) is 6.26 Å². The lowest BCUT2D eigenvalue weighted by atomic mass is 10.1. The molecule has 0 bridgehead atoms. The Hall–Kier alpha value is -2.37. The molecule has 4 aromatic rings. The molecule has 0 aliphatic heterocycles. The van der Waals surface area contributed by atoms with E-state index in [9.17, 15) is 9.00 Å². The number of fused-ring (bicyclic) bond motifs is 3. The number of pyridine rings is 1. The molecule has 120 valence electrons. The number of para-hydroxylation sites is 1. The molecule has 0 saturated heterocycles. The van der Waals surface area contributed by atoms with E-state index in [0.717, 1.165) is 5.39 Å². The highest BCUT2D eigenvalue weighted by molar-refractivity contribution is 7.84. The van der Waals surface area contributed by atoms with E-state index < -0.39 is 10.8 Å². The van der Waals surface area contributed by atoms with Crippen LogP contribution in [-0.4, -0.2) is 15.4 Å². The normalized spacial score (nSPS) is 12.8. The second-order valence-electron chi connectivity index (χ2n) is 5.43. The van der Waals surface area contributed by atoms with E-state index in [0.29, 0.717) is 32.8 Å². The van der Waals surface area contributed by atoms with E-state index in [1.54, 1.807) is 18.2 Å². The van der Waals surface area contributed by atoms with Gasteiger partial charge in [-0.2, -0.15) is 0 Å². The van der Waals surface area contributed by atoms with Crippen molar-refractivity contribution in [2.45, 2.75) is 4.90 Å². The van der Waals surface area contributed by atoms with Gasteiger partial charge in [-0.1, -0.05) is 35.9 Å². The van der Waals surface area contributed by atoms with Gasteiger partial charge >= 0.3 is 0 Å². The van der Waals surface area contributed by atoms with Gasteiger partial charge in [0.1, 0.15) is 10.5 Å². The van der Waals surface area contributed by atoms with Gasteiger partial charge in [-0.15, -0.1) is 0 Å². The summed E-state index contributed by atoms with van der Waals surface area (Å²) in [6, 6.07) is 14.5. The van der Waals surface area contributed by atoms with E-state index in [1.165, 1.54) is 6.26 Å². The molecule has 6 heteroatoms. The van der Waals surface area contributed by atoms with E-state index >= 15 is 0 Å². The Bertz CT molecular complexity index is 1180. The van der Waals surface area contributed by atoms with Gasteiger partial charge in [-0.3, -0.25) is 9.00 Å². The molecule has 0 spiro atoms. The summed E-state index contributed by atoms with van der Waals surface area (Å²) in [4.78, 5) is 15.6. The number of hydrogen-bond donors (Lipinski definition) is 1. The van der Waals surface area contributed by atoms with Crippen molar-refractivity contribution in [3.05, 3.63) is 63.9 Å². The van der Waals surface area contributed by atoms with Crippen molar-refractivity contribution in [2.24, 2.45) is 0 Å². The van der Waals surface area contributed by atoms with Crippen LogP contribution >= 0.6 is 11.6 Å². The highest BCUT2D eigenvalue weighted by atomic mass is 35.5. The Balaban J connectivity index is 2.25. The van der Waals surface area contributed by atoms with Crippen molar-refractivity contribution in [1.29, 1.82) is 0 Å². The zero-order valence-electron chi connectivity index (χ0n) is 12.6. The molecular weight excluding hydrogens is 346 g/mol. The number of nitrogens with one attached hydrogen (secondary N) is 1. The lowest BCUT2D eigenvalue weighted by Gasteiger charge is -2.08. The molecule has 1 N–H and O–H groups in total. The summed E-state index contributed by atoms with van der Waals surface area (Å²) in [5, 5.41) is 1.34. The third kappa shape index (κ3) is 2.28. The lowest BCUT2D eigenvalue weighted by Crippen LogP contribution is -2.14. The van der Waals surface area contributed by atoms with Crippen molar-refractivity contribution >= 4 is 44.5 Å². The molecular formula is C18H12ClNO3S. The second kappa shape index (κ2) is 5.61. The summed E-state index contributed by atoms with van der Waals surface area (Å²) in [7, 11) is -1.48. The fraction of sp³-hybridized carbons (Fsp3) is 0.0556. The molecule has 1 unspecified atom stereocenters. The topological polar surface area (TPSA) is 63.1 Å². The van der Waals surface area contributed by atoms with Gasteiger partial charge in [0.25, 0.3) is 5.56 Å². The Morgan fingerprint density at radius 1 is 1.12 bits per heavy atom. The molecule has 2 heterocycles. The van der Waals surface area contributed by atoms with Gasteiger partial charge in [-0.05, 0) is 29.8 Å². The Kier molecular flexibility index (Phi) is 3.55. The van der Waals surface area contributed by atoms with E-state index in [-0.39, 0.29) is 10.5 Å². The molecule has 2 aromatic carbocycles. The number of H-pyrrole nitrogens is 1. The van der Waals surface area contributed by atoms with Crippen LogP contribution in [0.2, 0.25) is 5.02 Å². The first-order chi connectivity index (χ1) is 11.6. The van der Waals surface area contributed by atoms with Crippen molar-refractivity contribution < 1.29 is 8.63 Å². The van der Waals surface area contributed by atoms with Crippen molar-refractivity contribution in [3.63, 3.8) is 0 Å². The summed E-state index contributed by atoms with van der Waals surface area (Å²) in [5.41, 5.74) is 2.59. The first-order valence-electron chi connectivity index (χ1n) is 7.23. The molecule has 0 aliphatic carbocycles. The zero-order chi connectivity index (χ0) is 16.8. The van der Waals surface area contributed by atoms with Gasteiger partial charge in [0.05, 0.1) is 16.3 Å². The lowest BCUT2D eigenvalue weighted by molar-refractivity contribution is 0.665. The molecule has 0 amide bonds. The Morgan fingerprint density at radius 2 is 1.92 bits per heavy atom. The molecule has 4 rings (SSSR count). The van der Waals surface area contributed by atoms with Crippen molar-refractivity contribution in [1.82, 2.24) is 4.98 Å². The van der Waals surface area contributed by atoms with Crippen LogP contribution in [-0.2, 0) is 10.8 Å². The summed E-state index contributed by atoms with van der Waals surface area (Å²) < 4.78 is 18.2. The minimum absolute atomic E-state index is 0.184. The minimum Gasteiger partial charge on any atom is -0.454 e. The molecule has 0 fully saturated rings. The largest absolute Gasteiger partial charge is 0.454 e. The van der Waals surface area contributed by atoms with Gasteiger partial charge in [0.15, 0.2) is 5.58 Å². The predicted octanol–water partition coefficient (Wildman–Crippen LogP) is 4.33. The highest BCUT2D eigenvalue weighted by Crippen LogP contribution is 2.36. The summed E-state index contributed by atoms with van der Waals surface area (Å²) >= 11 is 6.10. The number of aromatic amines is 1.